The largest absolute Gasteiger partial charge is 0.492 e. The summed E-state index contributed by atoms with van der Waals surface area (Å²) in [5, 5.41) is 7.70. The first kappa shape index (κ1) is 34.5. The van der Waals surface area contributed by atoms with E-state index in [0.717, 1.165) is 4.57 Å². The predicted molar refractivity (Wildman–Crippen MR) is 166 cm³/mol. The van der Waals surface area contributed by atoms with Gasteiger partial charge in [-0.05, 0) is 70.7 Å². The van der Waals surface area contributed by atoms with Gasteiger partial charge in [0.2, 0.25) is 11.7 Å². The molecule has 0 N–H and O–H groups in total. The van der Waals surface area contributed by atoms with E-state index in [0.29, 0.717) is 55.2 Å². The molecule has 0 radical (unpaired) electrons. The summed E-state index contributed by atoms with van der Waals surface area (Å²) in [4.78, 5) is 27.7. The molecule has 0 aliphatic carbocycles. The Kier molecular flexibility index (Phi) is 10.1. The Labute approximate surface area is 276 Å². The third kappa shape index (κ3) is 7.67. The molecule has 2 aromatic carbocycles. The first-order valence-corrected chi connectivity index (χ1v) is 15.8. The van der Waals surface area contributed by atoms with Crippen LogP contribution in [0.25, 0.3) is 5.69 Å². The Balaban J connectivity index is 1.49. The molecule has 5 rings (SSSR count). The minimum absolute atomic E-state index is 0.0502. The fourth-order valence-electron chi connectivity index (χ4n) is 6.06. The van der Waals surface area contributed by atoms with Crippen molar-refractivity contribution in [1.29, 1.82) is 0 Å². The lowest BCUT2D eigenvalue weighted by atomic mass is 9.93. The third-order valence-electron chi connectivity index (χ3n) is 8.04. The van der Waals surface area contributed by atoms with Crippen LogP contribution in [0.2, 0.25) is 5.02 Å². The van der Waals surface area contributed by atoms with Gasteiger partial charge in [0, 0.05) is 35.7 Å². The molecule has 254 valence electrons. The van der Waals surface area contributed by atoms with Gasteiger partial charge in [0.1, 0.15) is 17.8 Å². The van der Waals surface area contributed by atoms with Gasteiger partial charge in [-0.3, -0.25) is 14.2 Å². The number of fused-ring (bicyclic) bond motifs is 3. The maximum atomic E-state index is 14.4. The predicted octanol–water partition coefficient (Wildman–Crippen LogP) is 6.87. The van der Waals surface area contributed by atoms with Crippen molar-refractivity contribution in [3.05, 3.63) is 64.2 Å². The second-order valence-electron chi connectivity index (χ2n) is 12.6. The lowest BCUT2D eigenvalue weighted by molar-refractivity contribution is -0.156. The number of carbonyl (C=O) groups excluding carboxylic acids is 2. The summed E-state index contributed by atoms with van der Waals surface area (Å²) >= 11 is 6.40. The fourth-order valence-corrected chi connectivity index (χ4v) is 6.24. The standard InChI is InChI=1S/C33H38ClF3N4O6/c1-6-45-24-9-7-8-21(29(24)44-5)28-22-17-20(34)10-11-23(22)41-30(38-39-31(41)33(35,36)37)25(46-28)18-26(42)40-14-12-19(13-15-40)16-27(43)47-32(2,3)4/h7-11,17,19,25,28H,6,12-16,18H2,1-5H3/t25-,28-/m1/s1. The van der Waals surface area contributed by atoms with Crippen molar-refractivity contribution in [2.45, 2.75) is 77.4 Å². The molecule has 3 aromatic rings. The van der Waals surface area contributed by atoms with Crippen LogP contribution in [0, 0.1) is 5.92 Å². The van der Waals surface area contributed by atoms with Crippen molar-refractivity contribution >= 4 is 23.5 Å². The molecule has 0 saturated carbocycles. The van der Waals surface area contributed by atoms with E-state index >= 15 is 0 Å². The van der Waals surface area contributed by atoms with Crippen molar-refractivity contribution in [3.63, 3.8) is 0 Å². The third-order valence-corrected chi connectivity index (χ3v) is 8.28. The van der Waals surface area contributed by atoms with Crippen LogP contribution in [0.1, 0.15) is 88.4 Å². The van der Waals surface area contributed by atoms with Gasteiger partial charge in [-0.25, -0.2) is 0 Å². The molecule has 1 fully saturated rings. The first-order chi connectivity index (χ1) is 22.2. The summed E-state index contributed by atoms with van der Waals surface area (Å²) in [5.74, 6) is -1.24. The number of benzene rings is 2. The number of methoxy groups -OCH3 is 1. The number of amides is 1. The van der Waals surface area contributed by atoms with Gasteiger partial charge < -0.3 is 23.8 Å². The number of nitrogens with zero attached hydrogens (tertiary/aromatic N) is 4. The minimum atomic E-state index is -4.86. The van der Waals surface area contributed by atoms with Crippen molar-refractivity contribution in [3.8, 4) is 17.2 Å². The number of carbonyl (C=O) groups is 2. The van der Waals surface area contributed by atoms with E-state index in [9.17, 15) is 22.8 Å². The highest BCUT2D eigenvalue weighted by atomic mass is 35.5. The van der Waals surface area contributed by atoms with Gasteiger partial charge in [-0.15, -0.1) is 10.2 Å². The van der Waals surface area contributed by atoms with E-state index in [4.69, 9.17) is 30.5 Å². The highest BCUT2D eigenvalue weighted by molar-refractivity contribution is 6.30. The van der Waals surface area contributed by atoms with Crippen LogP contribution >= 0.6 is 11.6 Å². The molecule has 10 nitrogen and oxygen atoms in total. The van der Waals surface area contributed by atoms with Gasteiger partial charge in [0.25, 0.3) is 0 Å². The molecule has 2 atom stereocenters. The number of hydrogen-bond donors (Lipinski definition) is 0. The Morgan fingerprint density at radius 1 is 1.04 bits per heavy atom. The summed E-state index contributed by atoms with van der Waals surface area (Å²) in [7, 11) is 1.46. The lowest BCUT2D eigenvalue weighted by Gasteiger charge is -2.33. The highest BCUT2D eigenvalue weighted by Gasteiger charge is 2.44. The monoisotopic (exact) mass is 678 g/mol. The van der Waals surface area contributed by atoms with Gasteiger partial charge in [-0.2, -0.15) is 13.2 Å². The molecule has 0 unspecified atom stereocenters. The maximum absolute atomic E-state index is 14.4. The normalized spacial score (nSPS) is 18.6. The molecule has 47 heavy (non-hydrogen) atoms. The SMILES string of the molecule is CCOc1cccc([C@H]2O[C@H](CC(=O)N3CCC(CC(=O)OC(C)(C)C)CC3)c3nnc(C(F)(F)F)n3-c3ccc(Cl)cc32)c1OC. The number of piperidine rings is 1. The first-order valence-electron chi connectivity index (χ1n) is 15.5. The maximum Gasteiger partial charge on any atom is 0.452 e. The molecule has 2 aliphatic heterocycles. The molecule has 3 heterocycles. The number of hydrogen-bond acceptors (Lipinski definition) is 8. The van der Waals surface area contributed by atoms with Crippen molar-refractivity contribution < 1.29 is 41.7 Å². The Morgan fingerprint density at radius 3 is 2.40 bits per heavy atom. The van der Waals surface area contributed by atoms with Gasteiger partial charge in [-0.1, -0.05) is 23.7 Å². The number of rotatable bonds is 8. The van der Waals surface area contributed by atoms with Gasteiger partial charge >= 0.3 is 12.1 Å². The Morgan fingerprint density at radius 2 is 1.77 bits per heavy atom. The number of halogens is 4. The average Bonchev–Trinajstić information content (AvgIpc) is 3.40. The topological polar surface area (TPSA) is 105 Å². The minimum Gasteiger partial charge on any atom is -0.492 e. The molecule has 1 saturated heterocycles. The van der Waals surface area contributed by atoms with Crippen LogP contribution in [0.3, 0.4) is 0 Å². The number of likely N-dealkylation sites (tertiary alicyclic amines) is 1. The number of esters is 1. The van der Waals surface area contributed by atoms with E-state index in [2.05, 4.69) is 10.2 Å². The average molecular weight is 679 g/mol. The van der Waals surface area contributed by atoms with E-state index in [1.165, 1.54) is 25.3 Å². The highest BCUT2D eigenvalue weighted by Crippen LogP contribution is 2.47. The Hall–Kier alpha value is -3.84. The van der Waals surface area contributed by atoms with Gasteiger partial charge in [0.15, 0.2) is 17.3 Å². The van der Waals surface area contributed by atoms with E-state index in [1.54, 1.807) is 23.1 Å². The molecular weight excluding hydrogens is 641 g/mol. The lowest BCUT2D eigenvalue weighted by Crippen LogP contribution is -2.40. The van der Waals surface area contributed by atoms with Crippen molar-refractivity contribution in [1.82, 2.24) is 19.7 Å². The van der Waals surface area contributed by atoms with E-state index in [1.807, 2.05) is 27.7 Å². The van der Waals surface area contributed by atoms with E-state index in [-0.39, 0.29) is 47.2 Å². The molecule has 0 spiro atoms. The summed E-state index contributed by atoms with van der Waals surface area (Å²) in [5.41, 5.74) is 0.285. The van der Waals surface area contributed by atoms with E-state index < -0.39 is 29.8 Å². The molecule has 1 amide bonds. The summed E-state index contributed by atoms with van der Waals surface area (Å²) in [6.45, 7) is 8.34. The molecule has 14 heteroatoms. The number of alkyl halides is 3. The van der Waals surface area contributed by atoms with Crippen LogP contribution < -0.4 is 9.47 Å². The van der Waals surface area contributed by atoms with Crippen LogP contribution in [0.15, 0.2) is 36.4 Å². The second-order valence-corrected chi connectivity index (χ2v) is 13.0. The van der Waals surface area contributed by atoms with Crippen molar-refractivity contribution in [2.24, 2.45) is 5.92 Å². The molecular formula is C33H38ClF3N4O6. The quantitative estimate of drug-likeness (QED) is 0.238. The van der Waals surface area contributed by atoms with Crippen LogP contribution in [-0.2, 0) is 25.2 Å². The zero-order chi connectivity index (χ0) is 34.1. The summed E-state index contributed by atoms with van der Waals surface area (Å²) in [6.07, 6.45) is -6.02. The zero-order valence-corrected chi connectivity index (χ0v) is 27.7. The molecule has 0 bridgehead atoms. The van der Waals surface area contributed by atoms with Crippen LogP contribution in [0.4, 0.5) is 13.2 Å². The smallest absolute Gasteiger partial charge is 0.452 e. The second kappa shape index (κ2) is 13.7. The Bertz CT molecular complexity index is 1610. The fraction of sp³-hybridized carbons (Fsp3) is 0.515. The molecule has 2 aliphatic rings. The summed E-state index contributed by atoms with van der Waals surface area (Å²) < 4.78 is 67.5. The number of ether oxygens (including phenoxy) is 4. The molecule has 1 aromatic heterocycles. The zero-order valence-electron chi connectivity index (χ0n) is 26.9. The van der Waals surface area contributed by atoms with Gasteiger partial charge in [0.05, 0.1) is 25.8 Å². The number of aromatic nitrogens is 3. The van der Waals surface area contributed by atoms with Crippen LogP contribution in [0.5, 0.6) is 11.5 Å². The van der Waals surface area contributed by atoms with Crippen molar-refractivity contribution in [2.75, 3.05) is 26.8 Å². The number of para-hydroxylation sites is 1. The summed E-state index contributed by atoms with van der Waals surface area (Å²) in [6, 6.07) is 9.62. The van der Waals surface area contributed by atoms with Crippen LogP contribution in [-0.4, -0.2) is 63.9 Å².